The van der Waals surface area contributed by atoms with Crippen LogP contribution in [0.4, 0.5) is 16.2 Å². The summed E-state index contributed by atoms with van der Waals surface area (Å²) in [5.41, 5.74) is 2.40. The Morgan fingerprint density at radius 3 is 2.55 bits per heavy atom. The van der Waals surface area contributed by atoms with Crippen LogP contribution in [0.3, 0.4) is 0 Å². The largest absolute Gasteiger partial charge is 0.495 e. The van der Waals surface area contributed by atoms with Crippen molar-refractivity contribution >= 4 is 29.3 Å². The summed E-state index contributed by atoms with van der Waals surface area (Å²) < 4.78 is 5.33. The Morgan fingerprint density at radius 1 is 1.24 bits per heavy atom. The Hall–Kier alpha value is -3.55. The number of methoxy groups -OCH3 is 1. The second kappa shape index (κ2) is 8.64. The molecule has 8 nitrogen and oxygen atoms in total. The molecule has 1 saturated heterocycles. The Labute approximate surface area is 168 Å². The van der Waals surface area contributed by atoms with Crippen LogP contribution in [0.5, 0.6) is 5.75 Å². The number of rotatable bonds is 7. The fraction of sp³-hybridized carbons (Fsp3) is 0.286. The molecule has 1 aliphatic heterocycles. The Kier molecular flexibility index (Phi) is 6.01. The SMILES string of the molecule is COc1ccc(C(=O)Nc2ccc(CC(C)C(=O)O)cc2)cc1N1CCNC1=O. The van der Waals surface area contributed by atoms with Crippen molar-refractivity contribution in [3.63, 3.8) is 0 Å². The molecule has 29 heavy (non-hydrogen) atoms. The Bertz CT molecular complexity index is 926. The van der Waals surface area contributed by atoms with E-state index < -0.39 is 11.9 Å². The highest BCUT2D eigenvalue weighted by atomic mass is 16.5. The minimum Gasteiger partial charge on any atom is -0.495 e. The number of amides is 3. The van der Waals surface area contributed by atoms with Gasteiger partial charge in [0.2, 0.25) is 0 Å². The molecule has 3 rings (SSSR count). The first-order valence-electron chi connectivity index (χ1n) is 9.25. The van der Waals surface area contributed by atoms with Crippen LogP contribution in [0.2, 0.25) is 0 Å². The molecule has 0 saturated carbocycles. The molecule has 1 heterocycles. The number of benzene rings is 2. The maximum absolute atomic E-state index is 12.7. The average molecular weight is 397 g/mol. The fourth-order valence-corrected chi connectivity index (χ4v) is 3.11. The summed E-state index contributed by atoms with van der Waals surface area (Å²) in [6.45, 7) is 2.68. The van der Waals surface area contributed by atoms with E-state index in [1.807, 2.05) is 0 Å². The number of nitrogens with one attached hydrogen (secondary N) is 2. The van der Waals surface area contributed by atoms with Crippen molar-refractivity contribution in [2.75, 3.05) is 30.4 Å². The second-order valence-electron chi connectivity index (χ2n) is 6.86. The molecule has 2 aromatic rings. The number of aliphatic carboxylic acids is 1. The van der Waals surface area contributed by atoms with E-state index in [0.29, 0.717) is 42.2 Å². The molecule has 3 N–H and O–H groups in total. The van der Waals surface area contributed by atoms with Crippen LogP contribution < -0.4 is 20.3 Å². The topological polar surface area (TPSA) is 108 Å². The van der Waals surface area contributed by atoms with Gasteiger partial charge in [-0.1, -0.05) is 19.1 Å². The number of anilines is 2. The van der Waals surface area contributed by atoms with Crippen LogP contribution in [0, 0.1) is 5.92 Å². The zero-order valence-corrected chi connectivity index (χ0v) is 16.3. The number of ether oxygens (including phenoxy) is 1. The zero-order chi connectivity index (χ0) is 21.0. The molecular formula is C21H23N3O5. The number of carbonyl (C=O) groups is 3. The Balaban J connectivity index is 1.73. The molecule has 1 unspecified atom stereocenters. The highest BCUT2D eigenvalue weighted by molar-refractivity contribution is 6.06. The number of hydrogen-bond acceptors (Lipinski definition) is 4. The van der Waals surface area contributed by atoms with Crippen molar-refractivity contribution in [1.82, 2.24) is 5.32 Å². The van der Waals surface area contributed by atoms with Crippen LogP contribution in [0.15, 0.2) is 42.5 Å². The van der Waals surface area contributed by atoms with E-state index in [4.69, 9.17) is 9.84 Å². The highest BCUT2D eigenvalue weighted by Crippen LogP contribution is 2.30. The van der Waals surface area contributed by atoms with Crippen molar-refractivity contribution in [3.05, 3.63) is 53.6 Å². The van der Waals surface area contributed by atoms with Gasteiger partial charge >= 0.3 is 12.0 Å². The number of hydrogen-bond donors (Lipinski definition) is 3. The normalized spacial score (nSPS) is 14.3. The maximum Gasteiger partial charge on any atom is 0.322 e. The molecule has 1 fully saturated rings. The summed E-state index contributed by atoms with van der Waals surface area (Å²) in [4.78, 5) is 37.2. The van der Waals surface area contributed by atoms with E-state index in [0.717, 1.165) is 5.56 Å². The number of urea groups is 1. The molecule has 152 valence electrons. The quantitative estimate of drug-likeness (QED) is 0.666. The molecule has 8 heteroatoms. The summed E-state index contributed by atoms with van der Waals surface area (Å²) >= 11 is 0. The van der Waals surface area contributed by atoms with Gasteiger partial charge in [-0.25, -0.2) is 4.79 Å². The summed E-state index contributed by atoms with van der Waals surface area (Å²) in [6, 6.07) is 11.8. The van der Waals surface area contributed by atoms with Gasteiger partial charge in [-0.15, -0.1) is 0 Å². The summed E-state index contributed by atoms with van der Waals surface area (Å²) in [5, 5.41) is 14.5. The van der Waals surface area contributed by atoms with E-state index in [2.05, 4.69) is 10.6 Å². The predicted molar refractivity (Wildman–Crippen MR) is 109 cm³/mol. The lowest BCUT2D eigenvalue weighted by atomic mass is 10.0. The highest BCUT2D eigenvalue weighted by Gasteiger charge is 2.25. The summed E-state index contributed by atoms with van der Waals surface area (Å²) in [5.74, 6) is -1.13. The van der Waals surface area contributed by atoms with Gasteiger partial charge in [0.25, 0.3) is 5.91 Å². The van der Waals surface area contributed by atoms with E-state index in [9.17, 15) is 14.4 Å². The minimum absolute atomic E-state index is 0.230. The molecule has 0 aliphatic carbocycles. The maximum atomic E-state index is 12.7. The van der Waals surface area contributed by atoms with Crippen molar-refractivity contribution in [2.45, 2.75) is 13.3 Å². The lowest BCUT2D eigenvalue weighted by Crippen LogP contribution is -2.28. The van der Waals surface area contributed by atoms with Gasteiger partial charge in [0.1, 0.15) is 5.75 Å². The molecule has 2 aromatic carbocycles. The molecule has 0 aromatic heterocycles. The standard InChI is InChI=1S/C21H23N3O5/c1-13(20(26)27)11-14-3-6-16(7-4-14)23-19(25)15-5-8-18(29-2)17(12-15)24-10-9-22-21(24)28/h3-8,12-13H,9-11H2,1-2H3,(H,22,28)(H,23,25)(H,26,27). The molecule has 3 amide bonds. The second-order valence-corrected chi connectivity index (χ2v) is 6.86. The minimum atomic E-state index is -0.843. The van der Waals surface area contributed by atoms with Crippen LogP contribution in [-0.4, -0.2) is 43.2 Å². The third-order valence-corrected chi connectivity index (χ3v) is 4.76. The molecule has 0 radical (unpaired) electrons. The molecular weight excluding hydrogens is 374 g/mol. The summed E-state index contributed by atoms with van der Waals surface area (Å²) in [6.07, 6.45) is 0.420. The van der Waals surface area contributed by atoms with Crippen LogP contribution in [0.25, 0.3) is 0 Å². The molecule has 1 atom stereocenters. The first kappa shape index (κ1) is 20.2. The summed E-state index contributed by atoms with van der Waals surface area (Å²) in [7, 11) is 1.51. The fourth-order valence-electron chi connectivity index (χ4n) is 3.11. The van der Waals surface area contributed by atoms with Gasteiger partial charge in [-0.2, -0.15) is 0 Å². The lowest BCUT2D eigenvalue weighted by molar-refractivity contribution is -0.141. The number of carboxylic acid groups (broad SMARTS) is 1. The van der Waals surface area contributed by atoms with E-state index in [1.165, 1.54) is 12.0 Å². The van der Waals surface area contributed by atoms with Gasteiger partial charge in [-0.05, 0) is 42.3 Å². The van der Waals surface area contributed by atoms with Crippen LogP contribution in [0.1, 0.15) is 22.8 Å². The van der Waals surface area contributed by atoms with Crippen molar-refractivity contribution < 1.29 is 24.2 Å². The number of nitrogens with zero attached hydrogens (tertiary/aromatic N) is 1. The van der Waals surface area contributed by atoms with E-state index in [1.54, 1.807) is 49.4 Å². The first-order valence-corrected chi connectivity index (χ1v) is 9.25. The van der Waals surface area contributed by atoms with Crippen LogP contribution in [-0.2, 0) is 11.2 Å². The number of carbonyl (C=O) groups excluding carboxylic acids is 2. The van der Waals surface area contributed by atoms with Gasteiger partial charge in [0.15, 0.2) is 0 Å². The van der Waals surface area contributed by atoms with Gasteiger partial charge in [0.05, 0.1) is 18.7 Å². The predicted octanol–water partition coefficient (Wildman–Crippen LogP) is 2.74. The van der Waals surface area contributed by atoms with Gasteiger partial charge in [0, 0.05) is 24.3 Å². The molecule has 1 aliphatic rings. The average Bonchev–Trinajstić information content (AvgIpc) is 3.14. The van der Waals surface area contributed by atoms with Crippen LogP contribution >= 0.6 is 0 Å². The first-order chi connectivity index (χ1) is 13.9. The zero-order valence-electron chi connectivity index (χ0n) is 16.3. The number of carboxylic acids is 1. The van der Waals surface area contributed by atoms with E-state index >= 15 is 0 Å². The van der Waals surface area contributed by atoms with Crippen molar-refractivity contribution in [3.8, 4) is 5.75 Å². The monoisotopic (exact) mass is 397 g/mol. The van der Waals surface area contributed by atoms with E-state index in [-0.39, 0.29) is 11.9 Å². The van der Waals surface area contributed by atoms with Crippen molar-refractivity contribution in [1.29, 1.82) is 0 Å². The Morgan fingerprint density at radius 2 is 1.97 bits per heavy atom. The van der Waals surface area contributed by atoms with Crippen molar-refractivity contribution in [2.24, 2.45) is 5.92 Å². The van der Waals surface area contributed by atoms with Gasteiger partial charge in [-0.3, -0.25) is 14.5 Å². The third kappa shape index (κ3) is 4.66. The lowest BCUT2D eigenvalue weighted by Gasteiger charge is -2.18. The third-order valence-electron chi connectivity index (χ3n) is 4.76. The molecule has 0 spiro atoms. The smallest absolute Gasteiger partial charge is 0.322 e. The molecule has 0 bridgehead atoms. The van der Waals surface area contributed by atoms with Gasteiger partial charge < -0.3 is 20.5 Å².